The fourth-order valence-corrected chi connectivity index (χ4v) is 5.17. The Labute approximate surface area is 137 Å². The molecular formula is C16H24N2O4S. The van der Waals surface area contributed by atoms with Gasteiger partial charge in [0, 0.05) is 12.6 Å². The van der Waals surface area contributed by atoms with Gasteiger partial charge in [-0.25, -0.2) is 13.1 Å². The summed E-state index contributed by atoms with van der Waals surface area (Å²) in [5.74, 6) is -0.123. The van der Waals surface area contributed by atoms with Gasteiger partial charge in [-0.1, -0.05) is 20.8 Å². The highest BCUT2D eigenvalue weighted by Crippen LogP contribution is 2.52. The molecule has 0 radical (unpaired) electrons. The van der Waals surface area contributed by atoms with Gasteiger partial charge in [0.1, 0.15) is 0 Å². The molecule has 1 aliphatic heterocycles. The molecule has 128 valence electrons. The van der Waals surface area contributed by atoms with Crippen molar-refractivity contribution < 1.29 is 17.6 Å². The van der Waals surface area contributed by atoms with E-state index < -0.39 is 10.0 Å². The Morgan fingerprint density at radius 3 is 2.65 bits per heavy atom. The molecule has 0 spiro atoms. The van der Waals surface area contributed by atoms with Crippen molar-refractivity contribution >= 4 is 15.9 Å². The van der Waals surface area contributed by atoms with Crippen molar-refractivity contribution in [1.29, 1.82) is 0 Å². The third-order valence-corrected chi connectivity index (χ3v) is 6.29. The number of hydrogen-bond acceptors (Lipinski definition) is 4. The van der Waals surface area contributed by atoms with E-state index in [1.165, 1.54) is 19.2 Å². The largest absolute Gasteiger partial charge is 0.438 e. The van der Waals surface area contributed by atoms with Gasteiger partial charge in [-0.3, -0.25) is 4.79 Å². The van der Waals surface area contributed by atoms with Crippen molar-refractivity contribution in [2.45, 2.75) is 51.2 Å². The number of sulfonamides is 1. The van der Waals surface area contributed by atoms with E-state index in [2.05, 4.69) is 25.5 Å². The van der Waals surface area contributed by atoms with Crippen molar-refractivity contribution in [3.05, 3.63) is 17.9 Å². The maximum absolute atomic E-state index is 12.8. The highest BCUT2D eigenvalue weighted by Gasteiger charge is 2.51. The summed E-state index contributed by atoms with van der Waals surface area (Å²) in [6.45, 7) is 7.42. The Hall–Kier alpha value is -1.34. The molecular weight excluding hydrogens is 316 g/mol. The second kappa shape index (κ2) is 5.08. The molecule has 7 heteroatoms. The van der Waals surface area contributed by atoms with Gasteiger partial charge in [0.25, 0.3) is 15.9 Å². The van der Waals surface area contributed by atoms with Crippen molar-refractivity contribution in [2.75, 3.05) is 13.6 Å². The molecule has 2 heterocycles. The highest BCUT2D eigenvalue weighted by atomic mass is 32.2. The van der Waals surface area contributed by atoms with Gasteiger partial charge in [0.15, 0.2) is 5.76 Å². The Bertz CT molecular complexity index is 737. The average molecular weight is 340 g/mol. The standard InChI is InChI=1S/C16H24N2O4S/c1-15(2)7-11-8-16(3,9-15)10-18(11)14(19)12-5-6-13(22-12)23(20,21)17-4/h5-6,11,17H,7-10H2,1-4H3. The first kappa shape index (κ1) is 16.5. The molecule has 0 aromatic carbocycles. The van der Waals surface area contributed by atoms with Crippen LogP contribution in [0, 0.1) is 10.8 Å². The zero-order valence-electron chi connectivity index (χ0n) is 14.0. The fraction of sp³-hybridized carbons (Fsp3) is 0.688. The summed E-state index contributed by atoms with van der Waals surface area (Å²) in [7, 11) is -2.36. The molecule has 1 amide bonds. The monoisotopic (exact) mass is 340 g/mol. The first-order chi connectivity index (χ1) is 10.6. The smallest absolute Gasteiger partial charge is 0.289 e. The van der Waals surface area contributed by atoms with E-state index >= 15 is 0 Å². The maximum atomic E-state index is 12.8. The summed E-state index contributed by atoms with van der Waals surface area (Å²) in [5.41, 5.74) is 0.352. The van der Waals surface area contributed by atoms with Crippen molar-refractivity contribution in [2.24, 2.45) is 10.8 Å². The van der Waals surface area contributed by atoms with Crippen molar-refractivity contribution in [3.8, 4) is 0 Å². The van der Waals surface area contributed by atoms with Crippen LogP contribution in [-0.2, 0) is 10.0 Å². The normalized spacial score (nSPS) is 29.7. The molecule has 1 N–H and O–H groups in total. The number of nitrogens with zero attached hydrogens (tertiary/aromatic N) is 1. The molecule has 2 atom stereocenters. The number of rotatable bonds is 3. The maximum Gasteiger partial charge on any atom is 0.289 e. The zero-order chi connectivity index (χ0) is 17.0. The summed E-state index contributed by atoms with van der Waals surface area (Å²) < 4.78 is 31.0. The Morgan fingerprint density at radius 2 is 2.00 bits per heavy atom. The van der Waals surface area contributed by atoms with Crippen LogP contribution < -0.4 is 4.72 Å². The lowest BCUT2D eigenvalue weighted by molar-refractivity contribution is 0.0671. The van der Waals surface area contributed by atoms with Crippen LogP contribution in [0.15, 0.2) is 21.6 Å². The van der Waals surface area contributed by atoms with Gasteiger partial charge in [-0.05, 0) is 49.3 Å². The van der Waals surface area contributed by atoms with Gasteiger partial charge in [0.05, 0.1) is 0 Å². The predicted octanol–water partition coefficient (Wildman–Crippen LogP) is 2.23. The average Bonchev–Trinajstić information content (AvgIpc) is 3.00. The summed E-state index contributed by atoms with van der Waals surface area (Å²) >= 11 is 0. The van der Waals surface area contributed by atoms with Gasteiger partial charge in [0.2, 0.25) is 5.09 Å². The van der Waals surface area contributed by atoms with Crippen LogP contribution in [0.25, 0.3) is 0 Å². The van der Waals surface area contributed by atoms with Gasteiger partial charge in [-0.15, -0.1) is 0 Å². The van der Waals surface area contributed by atoms with Crippen molar-refractivity contribution in [3.63, 3.8) is 0 Å². The fourth-order valence-electron chi connectivity index (χ4n) is 4.52. The summed E-state index contributed by atoms with van der Waals surface area (Å²) in [5, 5.41) is -0.225. The Balaban J connectivity index is 1.85. The third kappa shape index (κ3) is 2.92. The highest BCUT2D eigenvalue weighted by molar-refractivity contribution is 7.89. The van der Waals surface area contributed by atoms with E-state index in [0.29, 0.717) is 6.54 Å². The van der Waals surface area contributed by atoms with Crippen LogP contribution in [0.4, 0.5) is 0 Å². The van der Waals surface area contributed by atoms with Crippen LogP contribution >= 0.6 is 0 Å². The molecule has 2 fully saturated rings. The first-order valence-electron chi connectivity index (χ1n) is 7.90. The quantitative estimate of drug-likeness (QED) is 0.915. The second-order valence-electron chi connectivity index (χ2n) is 7.97. The molecule has 1 aliphatic carbocycles. The molecule has 1 aromatic rings. The Kier molecular flexibility index (Phi) is 3.65. The lowest BCUT2D eigenvalue weighted by atomic mass is 9.65. The SMILES string of the molecule is CNS(=O)(=O)c1ccc(C(=O)N2CC3(C)CC2CC(C)(C)C3)o1. The number of fused-ring (bicyclic) bond motifs is 2. The zero-order valence-corrected chi connectivity index (χ0v) is 14.9. The van der Waals surface area contributed by atoms with Crippen LogP contribution in [0.1, 0.15) is 50.6 Å². The topological polar surface area (TPSA) is 79.6 Å². The van der Waals surface area contributed by atoms with Gasteiger partial charge < -0.3 is 9.32 Å². The number of carbonyl (C=O) groups excluding carboxylic acids is 1. The number of carbonyl (C=O) groups is 1. The van der Waals surface area contributed by atoms with Crippen LogP contribution in [0.2, 0.25) is 0 Å². The number of amides is 1. The molecule has 2 aliphatic rings. The van der Waals surface area contributed by atoms with Gasteiger partial charge >= 0.3 is 0 Å². The summed E-state index contributed by atoms with van der Waals surface area (Å²) in [4.78, 5) is 14.7. The van der Waals surface area contributed by atoms with E-state index in [4.69, 9.17) is 4.42 Å². The molecule has 1 saturated heterocycles. The van der Waals surface area contributed by atoms with Crippen LogP contribution in [-0.4, -0.2) is 38.9 Å². The molecule has 1 saturated carbocycles. The minimum Gasteiger partial charge on any atom is -0.438 e. The molecule has 23 heavy (non-hydrogen) atoms. The van der Waals surface area contributed by atoms with E-state index in [9.17, 15) is 13.2 Å². The lowest BCUT2D eigenvalue weighted by Crippen LogP contribution is -2.37. The lowest BCUT2D eigenvalue weighted by Gasteiger charge is -2.39. The van der Waals surface area contributed by atoms with Gasteiger partial charge in [-0.2, -0.15) is 0 Å². The Morgan fingerprint density at radius 1 is 1.30 bits per heavy atom. The van der Waals surface area contributed by atoms with Crippen molar-refractivity contribution in [1.82, 2.24) is 9.62 Å². The summed E-state index contributed by atoms with van der Waals surface area (Å²) in [6, 6.07) is 2.97. The second-order valence-corrected chi connectivity index (χ2v) is 9.79. The van der Waals surface area contributed by atoms with E-state index in [1.54, 1.807) is 0 Å². The van der Waals surface area contributed by atoms with E-state index in [1.807, 2.05) is 4.90 Å². The van der Waals surface area contributed by atoms with Crippen LogP contribution in [0.3, 0.4) is 0 Å². The minimum absolute atomic E-state index is 0.0905. The predicted molar refractivity (Wildman–Crippen MR) is 85.5 cm³/mol. The molecule has 2 bridgehead atoms. The summed E-state index contributed by atoms with van der Waals surface area (Å²) in [6.07, 6.45) is 3.07. The number of furan rings is 1. The van der Waals surface area contributed by atoms with E-state index in [0.717, 1.165) is 19.3 Å². The van der Waals surface area contributed by atoms with Crippen LogP contribution in [0.5, 0.6) is 0 Å². The number of likely N-dealkylation sites (tertiary alicyclic amines) is 1. The molecule has 6 nitrogen and oxygen atoms in total. The third-order valence-electron chi connectivity index (χ3n) is 5.00. The number of nitrogens with one attached hydrogen (secondary N) is 1. The molecule has 2 unspecified atom stereocenters. The molecule has 3 rings (SSSR count). The first-order valence-corrected chi connectivity index (χ1v) is 9.38. The molecule has 1 aromatic heterocycles. The minimum atomic E-state index is -3.67. The number of hydrogen-bond donors (Lipinski definition) is 1. The van der Waals surface area contributed by atoms with E-state index in [-0.39, 0.29) is 33.6 Å².